The monoisotopic (exact) mass is 414 g/mol. The molecule has 2 aromatic carbocycles. The molecule has 0 radical (unpaired) electrons. The van der Waals surface area contributed by atoms with Crippen LogP contribution < -0.4 is 4.74 Å². The third-order valence-electron chi connectivity index (χ3n) is 4.59. The first-order valence-corrected chi connectivity index (χ1v) is 9.54. The Morgan fingerprint density at radius 2 is 1.62 bits per heavy atom. The number of halogens is 5. The normalized spacial score (nSPS) is 12.7. The van der Waals surface area contributed by atoms with Gasteiger partial charge in [-0.3, -0.25) is 4.79 Å². The van der Waals surface area contributed by atoms with Crippen LogP contribution in [0.3, 0.4) is 0 Å². The number of carbonyl (C=O) groups is 1. The summed E-state index contributed by atoms with van der Waals surface area (Å²) in [4.78, 5) is 12.0. The first-order valence-electron chi connectivity index (χ1n) is 9.54. The Morgan fingerprint density at radius 1 is 0.966 bits per heavy atom. The summed E-state index contributed by atoms with van der Waals surface area (Å²) in [5.41, 5.74) is 1.40. The van der Waals surface area contributed by atoms with E-state index in [4.69, 9.17) is 0 Å². The Hall–Kier alpha value is -2.44. The van der Waals surface area contributed by atoms with Gasteiger partial charge in [0, 0.05) is 5.56 Å². The van der Waals surface area contributed by atoms with E-state index in [2.05, 4.69) is 4.74 Å². The average molecular weight is 414 g/mol. The molecule has 1 unspecified atom stereocenters. The summed E-state index contributed by atoms with van der Waals surface area (Å²) in [6, 6.07) is 9.03. The molecule has 0 aliphatic rings. The van der Waals surface area contributed by atoms with Crippen molar-refractivity contribution in [1.29, 1.82) is 0 Å². The number of ether oxygens (including phenoxy) is 1. The van der Waals surface area contributed by atoms with Gasteiger partial charge in [-0.25, -0.2) is 4.39 Å². The van der Waals surface area contributed by atoms with E-state index in [-0.39, 0.29) is 12.0 Å². The smallest absolute Gasteiger partial charge is 0.402 e. The van der Waals surface area contributed by atoms with Crippen LogP contribution in [-0.2, 0) is 11.2 Å². The lowest BCUT2D eigenvalue weighted by atomic mass is 10.0. The predicted molar refractivity (Wildman–Crippen MR) is 100 cm³/mol. The molecular weight excluding hydrogens is 391 g/mol. The summed E-state index contributed by atoms with van der Waals surface area (Å²) < 4.78 is 72.7. The van der Waals surface area contributed by atoms with Gasteiger partial charge in [0.25, 0.3) is 0 Å². The molecule has 0 saturated carbocycles. The fourth-order valence-electron chi connectivity index (χ4n) is 2.98. The topological polar surface area (TPSA) is 26.3 Å². The van der Waals surface area contributed by atoms with E-state index in [0.29, 0.717) is 12.0 Å². The molecule has 2 rings (SSSR count). The summed E-state index contributed by atoms with van der Waals surface area (Å²) >= 11 is 0. The summed E-state index contributed by atoms with van der Waals surface area (Å²) in [6.07, 6.45) is -2.88. The van der Waals surface area contributed by atoms with Crippen molar-refractivity contribution in [2.45, 2.75) is 52.1 Å². The van der Waals surface area contributed by atoms with E-state index < -0.39 is 41.9 Å². The van der Waals surface area contributed by atoms with Crippen LogP contribution in [0.5, 0.6) is 5.75 Å². The van der Waals surface area contributed by atoms with E-state index in [9.17, 15) is 26.7 Å². The number of carbonyl (C=O) groups excluding carboxylic acids is 1. The van der Waals surface area contributed by atoms with E-state index in [1.807, 2.05) is 6.92 Å². The van der Waals surface area contributed by atoms with Gasteiger partial charge in [0.2, 0.25) is 5.82 Å². The molecule has 0 amide bonds. The molecule has 29 heavy (non-hydrogen) atoms. The number of hydrogen-bond acceptors (Lipinski definition) is 2. The first-order chi connectivity index (χ1) is 13.7. The minimum atomic E-state index is -4.82. The van der Waals surface area contributed by atoms with Crippen LogP contribution in [0, 0.1) is 17.6 Å². The molecule has 0 aromatic heterocycles. The van der Waals surface area contributed by atoms with Gasteiger partial charge in [-0.2, -0.15) is 17.6 Å². The lowest BCUT2D eigenvalue weighted by Gasteiger charge is -2.19. The van der Waals surface area contributed by atoms with Gasteiger partial charge in [0.1, 0.15) is 0 Å². The highest BCUT2D eigenvalue weighted by atomic mass is 19.4. The molecule has 0 spiro atoms. The van der Waals surface area contributed by atoms with Crippen molar-refractivity contribution in [2.75, 3.05) is 0 Å². The van der Waals surface area contributed by atoms with Gasteiger partial charge in [0.05, 0.1) is 0 Å². The third-order valence-corrected chi connectivity index (χ3v) is 4.59. The Balaban J connectivity index is 2.25. The minimum absolute atomic E-state index is 0.0660. The number of aryl methyl sites for hydroxylation is 1. The molecule has 158 valence electrons. The second-order valence-corrected chi connectivity index (χ2v) is 6.84. The maximum Gasteiger partial charge on any atom is 0.402 e. The van der Waals surface area contributed by atoms with Gasteiger partial charge in [-0.15, -0.1) is 0 Å². The predicted octanol–water partition coefficient (Wildman–Crippen LogP) is 6.86. The molecule has 0 saturated heterocycles. The van der Waals surface area contributed by atoms with Crippen LogP contribution in [0.25, 0.3) is 11.1 Å². The standard InChI is InChI=1S/C22H23F5O2/c1-3-5-7-17(22(25,26)27)21(28)29-18-13-12-16(19(23)20(18)24)15-10-8-14(6-4-2)9-11-15/h8-13,17H,3-7H2,1-2H3. The summed E-state index contributed by atoms with van der Waals surface area (Å²) in [6.45, 7) is 3.70. The molecule has 0 fully saturated rings. The second kappa shape index (κ2) is 9.85. The fraction of sp³-hybridized carbons (Fsp3) is 0.409. The van der Waals surface area contributed by atoms with Gasteiger partial charge in [-0.1, -0.05) is 57.4 Å². The second-order valence-electron chi connectivity index (χ2n) is 6.84. The lowest BCUT2D eigenvalue weighted by Crippen LogP contribution is -2.34. The molecule has 1 atom stereocenters. The Bertz CT molecular complexity index is 828. The quantitative estimate of drug-likeness (QED) is 0.268. The average Bonchev–Trinajstić information content (AvgIpc) is 2.66. The maximum atomic E-state index is 14.5. The molecule has 0 aliphatic heterocycles. The van der Waals surface area contributed by atoms with Crippen LogP contribution in [-0.4, -0.2) is 12.1 Å². The highest BCUT2D eigenvalue weighted by Gasteiger charge is 2.45. The number of esters is 1. The number of rotatable bonds is 8. The molecule has 0 bridgehead atoms. The van der Waals surface area contributed by atoms with Crippen LogP contribution in [0.15, 0.2) is 36.4 Å². The van der Waals surface area contributed by atoms with Crippen LogP contribution in [0.2, 0.25) is 0 Å². The fourth-order valence-corrected chi connectivity index (χ4v) is 2.98. The minimum Gasteiger partial charge on any atom is -0.423 e. The van der Waals surface area contributed by atoms with Crippen molar-refractivity contribution in [3.05, 3.63) is 53.6 Å². The molecular formula is C22H23F5O2. The maximum absolute atomic E-state index is 14.5. The van der Waals surface area contributed by atoms with E-state index in [0.717, 1.165) is 24.5 Å². The van der Waals surface area contributed by atoms with Crippen molar-refractivity contribution >= 4 is 5.97 Å². The van der Waals surface area contributed by atoms with Gasteiger partial charge < -0.3 is 4.74 Å². The van der Waals surface area contributed by atoms with E-state index >= 15 is 0 Å². The van der Waals surface area contributed by atoms with Crippen LogP contribution in [0.1, 0.15) is 45.1 Å². The van der Waals surface area contributed by atoms with Crippen molar-refractivity contribution in [2.24, 2.45) is 5.92 Å². The van der Waals surface area contributed by atoms with Gasteiger partial charge in [0.15, 0.2) is 17.5 Å². The van der Waals surface area contributed by atoms with Crippen molar-refractivity contribution in [1.82, 2.24) is 0 Å². The van der Waals surface area contributed by atoms with E-state index in [1.54, 1.807) is 31.2 Å². The van der Waals surface area contributed by atoms with E-state index in [1.165, 1.54) is 6.07 Å². The number of unbranched alkanes of at least 4 members (excludes halogenated alkanes) is 1. The zero-order valence-corrected chi connectivity index (χ0v) is 16.3. The Morgan fingerprint density at radius 3 is 2.17 bits per heavy atom. The Labute approximate surface area is 166 Å². The first kappa shape index (κ1) is 22.8. The van der Waals surface area contributed by atoms with Gasteiger partial charge in [-0.05, 0) is 36.1 Å². The number of benzene rings is 2. The largest absolute Gasteiger partial charge is 0.423 e. The lowest BCUT2D eigenvalue weighted by molar-refractivity contribution is -0.193. The molecule has 2 nitrogen and oxygen atoms in total. The molecule has 0 heterocycles. The van der Waals surface area contributed by atoms with Crippen LogP contribution >= 0.6 is 0 Å². The van der Waals surface area contributed by atoms with Crippen molar-refractivity contribution < 1.29 is 31.5 Å². The zero-order chi connectivity index (χ0) is 21.6. The SMILES string of the molecule is CCCCC(C(=O)Oc1ccc(-c2ccc(CCC)cc2)c(F)c1F)C(F)(F)F. The number of alkyl halides is 3. The summed E-state index contributed by atoms with van der Waals surface area (Å²) in [7, 11) is 0. The Kier molecular flexibility index (Phi) is 7.76. The number of hydrogen-bond donors (Lipinski definition) is 0. The molecule has 2 aromatic rings. The highest BCUT2D eigenvalue weighted by molar-refractivity contribution is 5.76. The highest BCUT2D eigenvalue weighted by Crippen LogP contribution is 2.34. The molecule has 0 N–H and O–H groups in total. The third kappa shape index (κ3) is 5.78. The molecule has 0 aliphatic carbocycles. The van der Waals surface area contributed by atoms with Gasteiger partial charge >= 0.3 is 12.1 Å². The molecule has 7 heteroatoms. The van der Waals surface area contributed by atoms with Crippen LogP contribution in [0.4, 0.5) is 22.0 Å². The van der Waals surface area contributed by atoms with Crippen molar-refractivity contribution in [3.8, 4) is 16.9 Å². The summed E-state index contributed by atoms with van der Waals surface area (Å²) in [5.74, 6) is -7.65. The van der Waals surface area contributed by atoms with Crippen molar-refractivity contribution in [3.63, 3.8) is 0 Å². The summed E-state index contributed by atoms with van der Waals surface area (Å²) in [5, 5.41) is 0. The zero-order valence-electron chi connectivity index (χ0n) is 16.3.